The van der Waals surface area contributed by atoms with Crippen LogP contribution in [0.1, 0.15) is 22.8 Å². The molecular weight excluding hydrogens is 344 g/mol. The van der Waals surface area contributed by atoms with Crippen LogP contribution in [0.3, 0.4) is 0 Å². The van der Waals surface area contributed by atoms with Gasteiger partial charge in [0.1, 0.15) is 5.75 Å². The van der Waals surface area contributed by atoms with Gasteiger partial charge in [0.15, 0.2) is 12.4 Å². The van der Waals surface area contributed by atoms with Crippen LogP contribution in [0.25, 0.3) is 0 Å². The molecule has 0 saturated carbocycles. The van der Waals surface area contributed by atoms with E-state index in [1.54, 1.807) is 46.2 Å². The van der Waals surface area contributed by atoms with Gasteiger partial charge < -0.3 is 14.5 Å². The van der Waals surface area contributed by atoms with E-state index in [0.29, 0.717) is 43.1 Å². The average Bonchev–Trinajstić information content (AvgIpc) is 2.72. The summed E-state index contributed by atoms with van der Waals surface area (Å²) in [5.74, 6) is 0.406. The van der Waals surface area contributed by atoms with Crippen molar-refractivity contribution >= 4 is 17.6 Å². The monoisotopic (exact) mass is 366 g/mol. The zero-order valence-corrected chi connectivity index (χ0v) is 15.3. The molecule has 27 heavy (non-hydrogen) atoms. The summed E-state index contributed by atoms with van der Waals surface area (Å²) in [6.45, 7) is 3.62. The molecule has 0 spiro atoms. The van der Waals surface area contributed by atoms with Gasteiger partial charge in [-0.15, -0.1) is 0 Å². The number of amides is 2. The van der Waals surface area contributed by atoms with E-state index < -0.39 is 0 Å². The maximum atomic E-state index is 12.4. The Labute approximate surface area is 158 Å². The maximum absolute atomic E-state index is 12.4. The summed E-state index contributed by atoms with van der Waals surface area (Å²) in [5.41, 5.74) is 1.20. The van der Waals surface area contributed by atoms with Crippen LogP contribution in [0.5, 0.6) is 5.75 Å². The Balaban J connectivity index is 1.51. The SMILES string of the molecule is CC(=O)N1CCN(C(=O)COc2ccc(C(=O)c3ccccc3)cc2)CC1. The zero-order valence-electron chi connectivity index (χ0n) is 15.3. The van der Waals surface area contributed by atoms with Crippen molar-refractivity contribution in [2.45, 2.75) is 6.92 Å². The van der Waals surface area contributed by atoms with Crippen LogP contribution < -0.4 is 4.74 Å². The molecule has 0 bridgehead atoms. The molecule has 2 aromatic carbocycles. The summed E-state index contributed by atoms with van der Waals surface area (Å²) in [6.07, 6.45) is 0. The molecular formula is C21H22N2O4. The molecule has 1 saturated heterocycles. The number of carbonyl (C=O) groups excluding carboxylic acids is 3. The summed E-state index contributed by atoms with van der Waals surface area (Å²) in [6, 6.07) is 15.8. The Kier molecular flexibility index (Phi) is 5.86. The minimum atomic E-state index is -0.109. The van der Waals surface area contributed by atoms with E-state index in [9.17, 15) is 14.4 Å². The van der Waals surface area contributed by atoms with Gasteiger partial charge in [-0.3, -0.25) is 14.4 Å². The lowest BCUT2D eigenvalue weighted by molar-refractivity contribution is -0.139. The lowest BCUT2D eigenvalue weighted by Crippen LogP contribution is -2.51. The molecule has 6 nitrogen and oxygen atoms in total. The van der Waals surface area contributed by atoms with Gasteiger partial charge in [-0.1, -0.05) is 30.3 Å². The van der Waals surface area contributed by atoms with Crippen LogP contribution in [0.2, 0.25) is 0 Å². The van der Waals surface area contributed by atoms with E-state index in [-0.39, 0.29) is 24.2 Å². The summed E-state index contributed by atoms with van der Waals surface area (Å²) in [5, 5.41) is 0. The molecule has 1 aliphatic heterocycles. The van der Waals surface area contributed by atoms with Crippen molar-refractivity contribution in [2.24, 2.45) is 0 Å². The third kappa shape index (κ3) is 4.73. The van der Waals surface area contributed by atoms with Gasteiger partial charge in [-0.2, -0.15) is 0 Å². The van der Waals surface area contributed by atoms with E-state index in [1.165, 1.54) is 6.92 Å². The van der Waals surface area contributed by atoms with Crippen LogP contribution in [-0.2, 0) is 9.59 Å². The summed E-state index contributed by atoms with van der Waals surface area (Å²) in [4.78, 5) is 39.4. The number of piperazine rings is 1. The molecule has 1 aliphatic rings. The average molecular weight is 366 g/mol. The Morgan fingerprint density at radius 3 is 1.96 bits per heavy atom. The number of hydrogen-bond acceptors (Lipinski definition) is 4. The molecule has 6 heteroatoms. The molecule has 1 heterocycles. The summed E-state index contributed by atoms with van der Waals surface area (Å²) >= 11 is 0. The number of benzene rings is 2. The van der Waals surface area contributed by atoms with Crippen molar-refractivity contribution in [3.05, 3.63) is 65.7 Å². The lowest BCUT2D eigenvalue weighted by Gasteiger charge is -2.34. The van der Waals surface area contributed by atoms with Crippen molar-refractivity contribution in [1.29, 1.82) is 0 Å². The van der Waals surface area contributed by atoms with Gasteiger partial charge in [0.25, 0.3) is 5.91 Å². The largest absolute Gasteiger partial charge is 0.484 e. The molecule has 0 N–H and O–H groups in total. The van der Waals surface area contributed by atoms with E-state index in [2.05, 4.69) is 0 Å². The van der Waals surface area contributed by atoms with Crippen LogP contribution in [-0.4, -0.2) is 60.2 Å². The first-order valence-electron chi connectivity index (χ1n) is 8.90. The second kappa shape index (κ2) is 8.49. The Morgan fingerprint density at radius 2 is 1.37 bits per heavy atom. The van der Waals surface area contributed by atoms with Crippen molar-refractivity contribution in [3.8, 4) is 5.75 Å². The van der Waals surface area contributed by atoms with Crippen molar-refractivity contribution < 1.29 is 19.1 Å². The second-order valence-corrected chi connectivity index (χ2v) is 6.40. The van der Waals surface area contributed by atoms with Crippen molar-refractivity contribution in [2.75, 3.05) is 32.8 Å². The van der Waals surface area contributed by atoms with Gasteiger partial charge in [-0.05, 0) is 24.3 Å². The zero-order chi connectivity index (χ0) is 19.2. The predicted molar refractivity (Wildman–Crippen MR) is 101 cm³/mol. The first-order chi connectivity index (χ1) is 13.0. The fraction of sp³-hybridized carbons (Fsp3) is 0.286. The summed E-state index contributed by atoms with van der Waals surface area (Å²) in [7, 11) is 0. The second-order valence-electron chi connectivity index (χ2n) is 6.40. The fourth-order valence-electron chi connectivity index (χ4n) is 2.97. The molecule has 3 rings (SSSR count). The number of carbonyl (C=O) groups is 3. The Hall–Kier alpha value is -3.15. The minimum absolute atomic E-state index is 0.0310. The van der Waals surface area contributed by atoms with E-state index >= 15 is 0 Å². The number of hydrogen-bond donors (Lipinski definition) is 0. The molecule has 1 fully saturated rings. The van der Waals surface area contributed by atoms with Crippen LogP contribution in [0.4, 0.5) is 0 Å². The normalized spacial score (nSPS) is 14.0. The first kappa shape index (κ1) is 18.6. The van der Waals surface area contributed by atoms with E-state index in [0.717, 1.165) is 0 Å². The molecule has 0 radical (unpaired) electrons. The smallest absolute Gasteiger partial charge is 0.260 e. The molecule has 0 aliphatic carbocycles. The third-order valence-corrected chi connectivity index (χ3v) is 4.59. The van der Waals surface area contributed by atoms with Gasteiger partial charge in [0, 0.05) is 44.2 Å². The first-order valence-corrected chi connectivity index (χ1v) is 8.90. The molecule has 0 atom stereocenters. The minimum Gasteiger partial charge on any atom is -0.484 e. The number of rotatable bonds is 5. The van der Waals surface area contributed by atoms with Gasteiger partial charge in [-0.25, -0.2) is 0 Å². The van der Waals surface area contributed by atoms with Crippen LogP contribution in [0.15, 0.2) is 54.6 Å². The van der Waals surface area contributed by atoms with Gasteiger partial charge in [0.2, 0.25) is 5.91 Å². The van der Waals surface area contributed by atoms with Gasteiger partial charge >= 0.3 is 0 Å². The highest BCUT2D eigenvalue weighted by Crippen LogP contribution is 2.16. The van der Waals surface area contributed by atoms with Crippen LogP contribution in [0, 0.1) is 0 Å². The highest BCUT2D eigenvalue weighted by Gasteiger charge is 2.22. The molecule has 140 valence electrons. The van der Waals surface area contributed by atoms with Crippen LogP contribution >= 0.6 is 0 Å². The highest BCUT2D eigenvalue weighted by molar-refractivity contribution is 6.08. The Bertz CT molecular complexity index is 810. The third-order valence-electron chi connectivity index (χ3n) is 4.59. The maximum Gasteiger partial charge on any atom is 0.260 e. The lowest BCUT2D eigenvalue weighted by atomic mass is 10.0. The van der Waals surface area contributed by atoms with E-state index in [4.69, 9.17) is 4.74 Å². The van der Waals surface area contributed by atoms with Gasteiger partial charge in [0.05, 0.1) is 0 Å². The number of ether oxygens (including phenoxy) is 1. The Morgan fingerprint density at radius 1 is 0.815 bits per heavy atom. The van der Waals surface area contributed by atoms with E-state index in [1.807, 2.05) is 18.2 Å². The fourth-order valence-corrected chi connectivity index (χ4v) is 2.97. The summed E-state index contributed by atoms with van der Waals surface area (Å²) < 4.78 is 5.55. The molecule has 0 aromatic heterocycles. The molecule has 2 amide bonds. The number of ketones is 1. The quantitative estimate of drug-likeness (QED) is 0.759. The van der Waals surface area contributed by atoms with Crippen molar-refractivity contribution in [1.82, 2.24) is 9.80 Å². The van der Waals surface area contributed by atoms with Crippen molar-refractivity contribution in [3.63, 3.8) is 0 Å². The topological polar surface area (TPSA) is 66.9 Å². The standard InChI is InChI=1S/C21H22N2O4/c1-16(24)22-11-13-23(14-12-22)20(25)15-27-19-9-7-18(8-10-19)21(26)17-5-3-2-4-6-17/h2-10H,11-15H2,1H3. The predicted octanol–water partition coefficient (Wildman–Crippen LogP) is 1.99. The highest BCUT2D eigenvalue weighted by atomic mass is 16.5. The molecule has 2 aromatic rings. The number of nitrogens with zero attached hydrogens (tertiary/aromatic N) is 2. The molecule has 0 unspecified atom stereocenters.